The van der Waals surface area contributed by atoms with Crippen LogP contribution in [0.15, 0.2) is 30.3 Å². The van der Waals surface area contributed by atoms with Gasteiger partial charge in [-0.25, -0.2) is 0 Å². The van der Waals surface area contributed by atoms with Crippen molar-refractivity contribution in [2.24, 2.45) is 5.73 Å². The Morgan fingerprint density at radius 3 is 2.44 bits per heavy atom. The summed E-state index contributed by atoms with van der Waals surface area (Å²) in [5, 5.41) is 3.85. The molecule has 1 aromatic carbocycles. The van der Waals surface area contributed by atoms with Crippen LogP contribution < -0.4 is 11.1 Å². The molecule has 0 aromatic heterocycles. The average molecular weight is 244 g/mol. The number of benzene rings is 1. The van der Waals surface area contributed by atoms with Crippen molar-refractivity contribution in [2.45, 2.75) is 62.6 Å². The average Bonchev–Trinajstić information content (AvgIpc) is 3.05. The number of hydrogen-bond acceptors (Lipinski definition) is 2. The predicted molar refractivity (Wildman–Crippen MR) is 75.6 cm³/mol. The first-order valence-electron chi connectivity index (χ1n) is 7.25. The topological polar surface area (TPSA) is 38.0 Å². The largest absolute Gasteiger partial charge is 0.328 e. The lowest BCUT2D eigenvalue weighted by Crippen LogP contribution is -2.40. The van der Waals surface area contributed by atoms with E-state index in [1.807, 2.05) is 0 Å². The second-order valence-electron chi connectivity index (χ2n) is 6.32. The molecule has 0 unspecified atom stereocenters. The molecule has 2 aliphatic rings. The Labute approximate surface area is 110 Å². The lowest BCUT2D eigenvalue weighted by molar-refractivity contribution is 0.335. The zero-order valence-corrected chi connectivity index (χ0v) is 11.2. The minimum Gasteiger partial charge on any atom is -0.328 e. The molecule has 98 valence electrons. The summed E-state index contributed by atoms with van der Waals surface area (Å²) in [6.45, 7) is 2.38. The van der Waals surface area contributed by atoms with Crippen molar-refractivity contribution in [1.82, 2.24) is 5.32 Å². The quantitative estimate of drug-likeness (QED) is 0.857. The summed E-state index contributed by atoms with van der Waals surface area (Å²) >= 11 is 0. The number of nitrogens with two attached hydrogens (primary N) is 1. The molecule has 0 aliphatic heterocycles. The maximum atomic E-state index is 5.96. The molecule has 0 spiro atoms. The molecule has 2 heteroatoms. The van der Waals surface area contributed by atoms with Gasteiger partial charge in [0.2, 0.25) is 0 Å². The molecule has 0 radical (unpaired) electrons. The summed E-state index contributed by atoms with van der Waals surface area (Å²) in [5.41, 5.74) is 7.80. The molecule has 2 saturated carbocycles. The van der Waals surface area contributed by atoms with E-state index in [0.717, 1.165) is 0 Å². The molecule has 3 rings (SSSR count). The molecule has 2 atom stereocenters. The summed E-state index contributed by atoms with van der Waals surface area (Å²) in [6, 6.07) is 12.7. The van der Waals surface area contributed by atoms with E-state index in [9.17, 15) is 0 Å². The maximum absolute atomic E-state index is 5.96. The van der Waals surface area contributed by atoms with Crippen LogP contribution in [0.2, 0.25) is 0 Å². The minimum absolute atomic E-state index is 0.362. The molecule has 1 aromatic rings. The fourth-order valence-electron chi connectivity index (χ4n) is 3.32. The summed E-state index contributed by atoms with van der Waals surface area (Å²) < 4.78 is 0. The SMILES string of the molecule is C[C@]1(c2ccccc2)C[C@@H]1NC1CCC(N)CC1. The van der Waals surface area contributed by atoms with Crippen molar-refractivity contribution in [3.05, 3.63) is 35.9 Å². The molecular weight excluding hydrogens is 220 g/mol. The summed E-state index contributed by atoms with van der Waals surface area (Å²) in [5.74, 6) is 0. The van der Waals surface area contributed by atoms with Gasteiger partial charge in [0, 0.05) is 23.5 Å². The van der Waals surface area contributed by atoms with Crippen LogP contribution in [0, 0.1) is 0 Å². The fourth-order valence-corrected chi connectivity index (χ4v) is 3.32. The molecule has 0 saturated heterocycles. The van der Waals surface area contributed by atoms with Crippen molar-refractivity contribution in [3.63, 3.8) is 0 Å². The molecule has 18 heavy (non-hydrogen) atoms. The highest BCUT2D eigenvalue weighted by atomic mass is 15.0. The summed E-state index contributed by atoms with van der Waals surface area (Å²) in [4.78, 5) is 0. The van der Waals surface area contributed by atoms with E-state index < -0.39 is 0 Å². The molecule has 2 fully saturated rings. The zero-order valence-electron chi connectivity index (χ0n) is 11.2. The molecule has 2 aliphatic carbocycles. The van der Waals surface area contributed by atoms with Crippen LogP contribution in [0.25, 0.3) is 0 Å². The van der Waals surface area contributed by atoms with Crippen LogP contribution in [-0.2, 0) is 5.41 Å². The Morgan fingerprint density at radius 1 is 1.11 bits per heavy atom. The van der Waals surface area contributed by atoms with Gasteiger partial charge in [0.1, 0.15) is 0 Å². The third-order valence-electron chi connectivity index (χ3n) is 4.88. The summed E-state index contributed by atoms with van der Waals surface area (Å²) in [6.07, 6.45) is 6.16. The van der Waals surface area contributed by atoms with Crippen molar-refractivity contribution in [2.75, 3.05) is 0 Å². The Balaban J connectivity index is 1.58. The molecular formula is C16H24N2. The normalized spacial score (nSPS) is 39.6. The van der Waals surface area contributed by atoms with Crippen molar-refractivity contribution < 1.29 is 0 Å². The molecule has 2 nitrogen and oxygen atoms in total. The third kappa shape index (κ3) is 2.32. The third-order valence-corrected chi connectivity index (χ3v) is 4.88. The Kier molecular flexibility index (Phi) is 3.16. The van der Waals surface area contributed by atoms with Gasteiger partial charge in [0.25, 0.3) is 0 Å². The monoisotopic (exact) mass is 244 g/mol. The van der Waals surface area contributed by atoms with E-state index >= 15 is 0 Å². The first kappa shape index (κ1) is 12.2. The van der Waals surface area contributed by atoms with E-state index in [2.05, 4.69) is 42.6 Å². The van der Waals surface area contributed by atoms with Gasteiger partial charge in [-0.05, 0) is 37.7 Å². The van der Waals surface area contributed by atoms with Crippen LogP contribution in [0.4, 0.5) is 0 Å². The van der Waals surface area contributed by atoms with Gasteiger partial charge >= 0.3 is 0 Å². The van der Waals surface area contributed by atoms with E-state index in [1.54, 1.807) is 0 Å². The standard InChI is InChI=1S/C16H24N2/c1-16(12-5-3-2-4-6-12)11-15(16)18-14-9-7-13(17)8-10-14/h2-6,13-15,18H,7-11,17H2,1H3/t13?,14?,15-,16+/m0/s1. The highest BCUT2D eigenvalue weighted by Gasteiger charge is 2.51. The van der Waals surface area contributed by atoms with Crippen LogP contribution in [-0.4, -0.2) is 18.1 Å². The van der Waals surface area contributed by atoms with Crippen molar-refractivity contribution in [3.8, 4) is 0 Å². The minimum atomic E-state index is 0.362. The molecule has 0 bridgehead atoms. The van der Waals surface area contributed by atoms with E-state index in [4.69, 9.17) is 5.73 Å². The Bertz CT molecular complexity index is 395. The lowest BCUT2D eigenvalue weighted by atomic mass is 9.91. The number of nitrogens with one attached hydrogen (secondary N) is 1. The molecule has 0 heterocycles. The van der Waals surface area contributed by atoms with Crippen molar-refractivity contribution >= 4 is 0 Å². The van der Waals surface area contributed by atoms with Crippen LogP contribution in [0.1, 0.15) is 44.6 Å². The van der Waals surface area contributed by atoms with E-state index in [1.165, 1.54) is 37.7 Å². The fraction of sp³-hybridized carbons (Fsp3) is 0.625. The van der Waals surface area contributed by atoms with Gasteiger partial charge < -0.3 is 11.1 Å². The van der Waals surface area contributed by atoms with Crippen LogP contribution >= 0.6 is 0 Å². The van der Waals surface area contributed by atoms with E-state index in [-0.39, 0.29) is 0 Å². The van der Waals surface area contributed by atoms with Gasteiger partial charge in [-0.2, -0.15) is 0 Å². The Morgan fingerprint density at radius 2 is 1.78 bits per heavy atom. The zero-order chi connectivity index (χ0) is 12.6. The Hall–Kier alpha value is -0.860. The lowest BCUT2D eigenvalue weighted by Gasteiger charge is -2.28. The highest BCUT2D eigenvalue weighted by Crippen LogP contribution is 2.48. The molecule has 3 N–H and O–H groups in total. The van der Waals surface area contributed by atoms with Gasteiger partial charge in [-0.1, -0.05) is 37.3 Å². The van der Waals surface area contributed by atoms with Crippen molar-refractivity contribution in [1.29, 1.82) is 0 Å². The first-order chi connectivity index (χ1) is 8.68. The second-order valence-corrected chi connectivity index (χ2v) is 6.32. The van der Waals surface area contributed by atoms with Gasteiger partial charge in [0.15, 0.2) is 0 Å². The predicted octanol–water partition coefficient (Wildman–Crippen LogP) is 2.58. The maximum Gasteiger partial charge on any atom is 0.0173 e. The first-order valence-corrected chi connectivity index (χ1v) is 7.25. The molecule has 0 amide bonds. The van der Waals surface area contributed by atoms with Gasteiger partial charge in [0.05, 0.1) is 0 Å². The highest BCUT2D eigenvalue weighted by molar-refractivity contribution is 5.34. The van der Waals surface area contributed by atoms with Gasteiger partial charge in [-0.15, -0.1) is 0 Å². The number of rotatable bonds is 3. The van der Waals surface area contributed by atoms with Crippen LogP contribution in [0.5, 0.6) is 0 Å². The van der Waals surface area contributed by atoms with E-state index in [0.29, 0.717) is 23.5 Å². The smallest absolute Gasteiger partial charge is 0.0173 e. The second kappa shape index (κ2) is 4.67. The van der Waals surface area contributed by atoms with Gasteiger partial charge in [-0.3, -0.25) is 0 Å². The van der Waals surface area contributed by atoms with Crippen LogP contribution in [0.3, 0.4) is 0 Å². The number of hydrogen-bond donors (Lipinski definition) is 2. The summed E-state index contributed by atoms with van der Waals surface area (Å²) in [7, 11) is 0.